The third kappa shape index (κ3) is 3.54. The molecule has 2 aromatic rings. The van der Waals surface area contributed by atoms with E-state index >= 15 is 0 Å². The number of benzene rings is 2. The van der Waals surface area contributed by atoms with Crippen molar-refractivity contribution in [3.05, 3.63) is 54.1 Å². The van der Waals surface area contributed by atoms with Crippen LogP contribution < -0.4 is 10.1 Å². The maximum atomic E-state index is 12.3. The molecule has 0 unspecified atom stereocenters. The minimum Gasteiger partial charge on any atom is -0.455 e. The zero-order chi connectivity index (χ0) is 14.5. The summed E-state index contributed by atoms with van der Waals surface area (Å²) in [5, 5.41) is 2.13. The van der Waals surface area contributed by atoms with E-state index in [4.69, 9.17) is 4.74 Å². The van der Waals surface area contributed by atoms with Crippen molar-refractivity contribution >= 4 is 11.6 Å². The van der Waals surface area contributed by atoms with E-state index in [1.165, 1.54) is 6.07 Å². The quantitative estimate of drug-likeness (QED) is 0.917. The number of carbonyl (C=O) groups excluding carboxylic acids is 1. The number of nitrogens with one attached hydrogen (secondary N) is 1. The number of rotatable bonds is 4. The van der Waals surface area contributed by atoms with Crippen LogP contribution >= 0.6 is 0 Å². The van der Waals surface area contributed by atoms with Crippen LogP contribution in [0.1, 0.15) is 5.56 Å². The molecule has 0 spiro atoms. The van der Waals surface area contributed by atoms with Gasteiger partial charge in [0.25, 0.3) is 5.91 Å². The molecule has 0 aliphatic carbocycles. The monoisotopic (exact) mass is 277 g/mol. The summed E-state index contributed by atoms with van der Waals surface area (Å²) in [7, 11) is 0. The smallest absolute Gasteiger partial charge is 0.315 e. The first-order valence-electron chi connectivity index (χ1n) is 5.99. The molecule has 0 heterocycles. The highest BCUT2D eigenvalue weighted by Gasteiger charge is 2.17. The summed E-state index contributed by atoms with van der Waals surface area (Å²) in [5.41, 5.74) is 1.29. The van der Waals surface area contributed by atoms with Gasteiger partial charge in [-0.25, -0.2) is 0 Å². The summed E-state index contributed by atoms with van der Waals surface area (Å²) in [6.07, 6.45) is -3.07. The topological polar surface area (TPSA) is 38.3 Å². The predicted molar refractivity (Wildman–Crippen MR) is 72.3 cm³/mol. The highest BCUT2D eigenvalue weighted by Crippen LogP contribution is 2.29. The van der Waals surface area contributed by atoms with Crippen molar-refractivity contribution in [1.82, 2.24) is 0 Å². The Morgan fingerprint density at radius 3 is 2.40 bits per heavy atom. The van der Waals surface area contributed by atoms with Crippen LogP contribution in [0.4, 0.5) is 14.5 Å². The molecule has 3 nitrogen and oxygen atoms in total. The molecule has 0 aromatic heterocycles. The summed E-state index contributed by atoms with van der Waals surface area (Å²) in [6.45, 7) is 1.95. The van der Waals surface area contributed by atoms with Crippen LogP contribution in [0.3, 0.4) is 0 Å². The third-order valence-corrected chi connectivity index (χ3v) is 2.59. The van der Waals surface area contributed by atoms with Gasteiger partial charge in [0.2, 0.25) is 0 Å². The Bertz CT molecular complexity index is 597. The predicted octanol–water partition coefficient (Wildman–Crippen LogP) is 3.99. The van der Waals surface area contributed by atoms with E-state index in [-0.39, 0.29) is 5.69 Å². The Balaban J connectivity index is 2.19. The molecule has 0 atom stereocenters. The van der Waals surface area contributed by atoms with Crippen molar-refractivity contribution in [1.29, 1.82) is 0 Å². The molecular weight excluding hydrogens is 264 g/mol. The number of ether oxygens (including phenoxy) is 1. The Kier molecular flexibility index (Phi) is 4.30. The van der Waals surface area contributed by atoms with E-state index in [2.05, 4.69) is 5.32 Å². The second kappa shape index (κ2) is 6.14. The van der Waals surface area contributed by atoms with Gasteiger partial charge in [-0.2, -0.15) is 8.78 Å². The fourth-order valence-electron chi connectivity index (χ4n) is 1.58. The SMILES string of the molecule is Cc1ccc(Oc2ccccc2NC(=O)C(F)F)cc1. The lowest BCUT2D eigenvalue weighted by Gasteiger charge is -2.12. The van der Waals surface area contributed by atoms with Gasteiger partial charge in [0.1, 0.15) is 5.75 Å². The van der Waals surface area contributed by atoms with Crippen molar-refractivity contribution in [3.8, 4) is 11.5 Å². The number of hydrogen-bond acceptors (Lipinski definition) is 2. The van der Waals surface area contributed by atoms with Crippen molar-refractivity contribution in [3.63, 3.8) is 0 Å². The van der Waals surface area contributed by atoms with Crippen LogP contribution in [0.15, 0.2) is 48.5 Å². The lowest BCUT2D eigenvalue weighted by Crippen LogP contribution is -2.20. The normalized spacial score (nSPS) is 10.4. The molecule has 1 N–H and O–H groups in total. The highest BCUT2D eigenvalue weighted by molar-refractivity contribution is 5.94. The van der Waals surface area contributed by atoms with Gasteiger partial charge in [0.15, 0.2) is 5.75 Å². The average Bonchev–Trinajstić information content (AvgIpc) is 2.43. The zero-order valence-electron chi connectivity index (χ0n) is 10.8. The summed E-state index contributed by atoms with van der Waals surface area (Å²) in [6, 6.07) is 13.7. The van der Waals surface area contributed by atoms with Crippen LogP contribution in [-0.4, -0.2) is 12.3 Å². The van der Waals surface area contributed by atoms with Crippen LogP contribution in [0.5, 0.6) is 11.5 Å². The summed E-state index contributed by atoms with van der Waals surface area (Å²) in [5.74, 6) is -0.482. The van der Waals surface area contributed by atoms with Crippen molar-refractivity contribution in [2.75, 3.05) is 5.32 Å². The van der Waals surface area contributed by atoms with E-state index in [0.29, 0.717) is 11.5 Å². The van der Waals surface area contributed by atoms with Gasteiger partial charge in [0.05, 0.1) is 5.69 Å². The van der Waals surface area contributed by atoms with Gasteiger partial charge in [-0.15, -0.1) is 0 Å². The minimum absolute atomic E-state index is 0.207. The Morgan fingerprint density at radius 2 is 1.75 bits per heavy atom. The summed E-state index contributed by atoms with van der Waals surface area (Å²) < 4.78 is 30.1. The number of carbonyl (C=O) groups is 1. The van der Waals surface area contributed by atoms with Crippen LogP contribution in [-0.2, 0) is 4.79 Å². The fourth-order valence-corrected chi connectivity index (χ4v) is 1.58. The van der Waals surface area contributed by atoms with Gasteiger partial charge >= 0.3 is 6.43 Å². The fraction of sp³-hybridized carbons (Fsp3) is 0.133. The molecule has 20 heavy (non-hydrogen) atoms. The number of alkyl halides is 2. The molecule has 1 amide bonds. The molecule has 0 bridgehead atoms. The number of para-hydroxylation sites is 2. The molecule has 2 rings (SSSR count). The minimum atomic E-state index is -3.07. The first kappa shape index (κ1) is 14.0. The van der Waals surface area contributed by atoms with E-state index in [9.17, 15) is 13.6 Å². The van der Waals surface area contributed by atoms with Crippen molar-refractivity contribution < 1.29 is 18.3 Å². The second-order valence-corrected chi connectivity index (χ2v) is 4.20. The van der Waals surface area contributed by atoms with Gasteiger partial charge in [-0.3, -0.25) is 4.79 Å². The van der Waals surface area contributed by atoms with Crippen LogP contribution in [0.25, 0.3) is 0 Å². The van der Waals surface area contributed by atoms with E-state index in [0.717, 1.165) is 5.56 Å². The number of aryl methyl sites for hydroxylation is 1. The number of hydrogen-bond donors (Lipinski definition) is 1. The van der Waals surface area contributed by atoms with E-state index in [1.807, 2.05) is 19.1 Å². The molecule has 0 fully saturated rings. The third-order valence-electron chi connectivity index (χ3n) is 2.59. The largest absolute Gasteiger partial charge is 0.455 e. The van der Waals surface area contributed by atoms with Gasteiger partial charge in [-0.1, -0.05) is 29.8 Å². The lowest BCUT2D eigenvalue weighted by atomic mass is 10.2. The summed E-state index contributed by atoms with van der Waals surface area (Å²) in [4.78, 5) is 11.0. The lowest BCUT2D eigenvalue weighted by molar-refractivity contribution is -0.126. The number of halogens is 2. The first-order valence-corrected chi connectivity index (χ1v) is 5.99. The van der Waals surface area contributed by atoms with Gasteiger partial charge < -0.3 is 10.1 Å². The molecule has 0 aliphatic rings. The van der Waals surface area contributed by atoms with E-state index < -0.39 is 12.3 Å². The molecule has 0 aliphatic heterocycles. The molecule has 0 saturated heterocycles. The van der Waals surface area contributed by atoms with Crippen molar-refractivity contribution in [2.45, 2.75) is 13.3 Å². The van der Waals surface area contributed by atoms with E-state index in [1.54, 1.807) is 30.3 Å². The van der Waals surface area contributed by atoms with Gasteiger partial charge in [0, 0.05) is 0 Å². The highest BCUT2D eigenvalue weighted by atomic mass is 19.3. The second-order valence-electron chi connectivity index (χ2n) is 4.20. The van der Waals surface area contributed by atoms with Crippen LogP contribution in [0, 0.1) is 6.92 Å². The number of anilines is 1. The Hall–Kier alpha value is -2.43. The molecule has 104 valence electrons. The molecule has 2 aromatic carbocycles. The Morgan fingerprint density at radius 1 is 1.10 bits per heavy atom. The maximum absolute atomic E-state index is 12.3. The molecular formula is C15H13F2NO2. The number of amides is 1. The zero-order valence-corrected chi connectivity index (χ0v) is 10.8. The Labute approximate surface area is 115 Å². The van der Waals surface area contributed by atoms with Crippen molar-refractivity contribution in [2.24, 2.45) is 0 Å². The molecule has 5 heteroatoms. The van der Waals surface area contributed by atoms with Gasteiger partial charge in [-0.05, 0) is 31.2 Å². The average molecular weight is 277 g/mol. The first-order chi connectivity index (χ1) is 9.56. The van der Waals surface area contributed by atoms with Crippen LogP contribution in [0.2, 0.25) is 0 Å². The maximum Gasteiger partial charge on any atom is 0.315 e. The molecule has 0 saturated carbocycles. The summed E-state index contributed by atoms with van der Waals surface area (Å²) >= 11 is 0. The standard InChI is InChI=1S/C15H13F2NO2/c1-10-6-8-11(9-7-10)20-13-5-3-2-4-12(13)18-15(19)14(16)17/h2-9,14H,1H3,(H,18,19). The molecule has 0 radical (unpaired) electrons.